The zero-order chi connectivity index (χ0) is 10.8. The number of aryl methyl sites for hydroxylation is 1. The minimum Gasteiger partial charge on any atom is -0.331 e. The molecule has 1 heterocycles. The molecule has 15 heavy (non-hydrogen) atoms. The first kappa shape index (κ1) is 9.65. The zero-order valence-electron chi connectivity index (χ0n) is 8.77. The molecule has 0 aliphatic carbocycles. The third-order valence-corrected chi connectivity index (χ3v) is 2.58. The molecule has 3 heteroatoms. The summed E-state index contributed by atoms with van der Waals surface area (Å²) < 4.78 is 1.97. The fraction of sp³-hybridized carbons (Fsp3) is 0.167. The molecule has 1 aromatic carbocycles. The lowest BCUT2D eigenvalue weighted by atomic mass is 10.1. The van der Waals surface area contributed by atoms with Crippen LogP contribution in [0.25, 0.3) is 11.3 Å². The monoisotopic (exact) mass is 200 g/mol. The normalized spacial score (nSPS) is 10.3. The van der Waals surface area contributed by atoms with Crippen LogP contribution < -0.4 is 0 Å². The van der Waals surface area contributed by atoms with Gasteiger partial charge in [0.15, 0.2) is 6.29 Å². The van der Waals surface area contributed by atoms with E-state index >= 15 is 0 Å². The first-order valence-corrected chi connectivity index (χ1v) is 4.77. The van der Waals surface area contributed by atoms with Gasteiger partial charge in [0.2, 0.25) is 0 Å². The number of carbonyl (C=O) groups is 1. The standard InChI is InChI=1S/C12H12N2O/c1-9-13-7-12(14(9)2)11-6-4-3-5-10(11)8-15/h3-8H,1-2H3. The molecule has 76 valence electrons. The quantitative estimate of drug-likeness (QED) is 0.696. The van der Waals surface area contributed by atoms with Gasteiger partial charge in [0.25, 0.3) is 0 Å². The van der Waals surface area contributed by atoms with E-state index in [9.17, 15) is 4.79 Å². The predicted octanol–water partition coefficient (Wildman–Crippen LogP) is 2.21. The maximum absolute atomic E-state index is 10.9. The number of hydrogen-bond donors (Lipinski definition) is 0. The zero-order valence-corrected chi connectivity index (χ0v) is 8.77. The molecule has 0 unspecified atom stereocenters. The molecule has 0 atom stereocenters. The van der Waals surface area contributed by atoms with Crippen LogP contribution in [0.4, 0.5) is 0 Å². The summed E-state index contributed by atoms with van der Waals surface area (Å²) in [5.74, 6) is 0.936. The minimum absolute atomic E-state index is 0.695. The summed E-state index contributed by atoms with van der Waals surface area (Å²) in [6, 6.07) is 7.52. The van der Waals surface area contributed by atoms with Crippen LogP contribution in [0.1, 0.15) is 16.2 Å². The number of hydrogen-bond acceptors (Lipinski definition) is 2. The van der Waals surface area contributed by atoms with Crippen LogP contribution in [-0.2, 0) is 7.05 Å². The van der Waals surface area contributed by atoms with Crippen molar-refractivity contribution in [2.75, 3.05) is 0 Å². The van der Waals surface area contributed by atoms with Gasteiger partial charge < -0.3 is 4.57 Å². The predicted molar refractivity (Wildman–Crippen MR) is 58.8 cm³/mol. The molecule has 0 spiro atoms. The number of nitrogens with zero attached hydrogens (tertiary/aromatic N) is 2. The van der Waals surface area contributed by atoms with Crippen LogP contribution in [0.2, 0.25) is 0 Å². The second-order valence-corrected chi connectivity index (χ2v) is 3.45. The van der Waals surface area contributed by atoms with Gasteiger partial charge in [-0.25, -0.2) is 4.98 Å². The highest BCUT2D eigenvalue weighted by molar-refractivity contribution is 5.86. The van der Waals surface area contributed by atoms with Gasteiger partial charge in [0, 0.05) is 18.2 Å². The van der Waals surface area contributed by atoms with Gasteiger partial charge in [0.05, 0.1) is 11.9 Å². The highest BCUT2D eigenvalue weighted by atomic mass is 16.1. The highest BCUT2D eigenvalue weighted by Gasteiger charge is 2.08. The van der Waals surface area contributed by atoms with Crippen LogP contribution in [0.5, 0.6) is 0 Å². The Labute approximate surface area is 88.4 Å². The Bertz CT molecular complexity index is 500. The Balaban J connectivity index is 2.63. The maximum Gasteiger partial charge on any atom is 0.150 e. The lowest BCUT2D eigenvalue weighted by Crippen LogP contribution is -1.96. The molecule has 0 aliphatic rings. The fourth-order valence-corrected chi connectivity index (χ4v) is 1.59. The maximum atomic E-state index is 10.9. The van der Waals surface area contributed by atoms with E-state index in [2.05, 4.69) is 4.98 Å². The van der Waals surface area contributed by atoms with Crippen molar-refractivity contribution in [3.8, 4) is 11.3 Å². The highest BCUT2D eigenvalue weighted by Crippen LogP contribution is 2.22. The molecular formula is C12H12N2O. The molecule has 0 radical (unpaired) electrons. The van der Waals surface area contributed by atoms with E-state index in [1.54, 1.807) is 6.20 Å². The number of benzene rings is 1. The van der Waals surface area contributed by atoms with E-state index in [0.717, 1.165) is 23.4 Å². The van der Waals surface area contributed by atoms with Gasteiger partial charge in [-0.15, -0.1) is 0 Å². The summed E-state index contributed by atoms with van der Waals surface area (Å²) in [5, 5.41) is 0. The van der Waals surface area contributed by atoms with Gasteiger partial charge in [0.1, 0.15) is 5.82 Å². The van der Waals surface area contributed by atoms with Gasteiger partial charge >= 0.3 is 0 Å². The summed E-state index contributed by atoms with van der Waals surface area (Å²) in [6.07, 6.45) is 2.66. The first-order chi connectivity index (χ1) is 7.24. The van der Waals surface area contributed by atoms with E-state index in [0.29, 0.717) is 5.56 Å². The van der Waals surface area contributed by atoms with E-state index in [4.69, 9.17) is 0 Å². The first-order valence-electron chi connectivity index (χ1n) is 4.77. The molecule has 0 saturated heterocycles. The van der Waals surface area contributed by atoms with Crippen LogP contribution in [-0.4, -0.2) is 15.8 Å². The van der Waals surface area contributed by atoms with Crippen LogP contribution >= 0.6 is 0 Å². The van der Waals surface area contributed by atoms with E-state index in [1.807, 2.05) is 42.8 Å². The van der Waals surface area contributed by atoms with Crippen LogP contribution in [0.15, 0.2) is 30.5 Å². The summed E-state index contributed by atoms with van der Waals surface area (Å²) in [6.45, 7) is 1.94. The fourth-order valence-electron chi connectivity index (χ4n) is 1.59. The largest absolute Gasteiger partial charge is 0.331 e. The Morgan fingerprint density at radius 2 is 2.07 bits per heavy atom. The summed E-state index contributed by atoms with van der Waals surface area (Å²) in [7, 11) is 1.94. The molecule has 0 fully saturated rings. The Kier molecular flexibility index (Phi) is 2.37. The van der Waals surface area contributed by atoms with Crippen molar-refractivity contribution in [3.05, 3.63) is 41.9 Å². The number of aldehydes is 1. The molecule has 2 aromatic rings. The van der Waals surface area contributed by atoms with Crippen molar-refractivity contribution in [2.24, 2.45) is 7.05 Å². The molecule has 0 aliphatic heterocycles. The third-order valence-electron chi connectivity index (χ3n) is 2.58. The number of aromatic nitrogens is 2. The van der Waals surface area contributed by atoms with Gasteiger partial charge in [-0.05, 0) is 6.92 Å². The molecule has 0 bridgehead atoms. The van der Waals surface area contributed by atoms with E-state index in [1.165, 1.54) is 0 Å². The van der Waals surface area contributed by atoms with Crippen molar-refractivity contribution in [1.29, 1.82) is 0 Å². The van der Waals surface area contributed by atoms with Crippen molar-refractivity contribution < 1.29 is 4.79 Å². The molecule has 0 N–H and O–H groups in total. The van der Waals surface area contributed by atoms with Crippen molar-refractivity contribution in [2.45, 2.75) is 6.92 Å². The van der Waals surface area contributed by atoms with Crippen LogP contribution in [0, 0.1) is 6.92 Å². The average Bonchev–Trinajstić information content (AvgIpc) is 2.60. The molecule has 0 amide bonds. The Morgan fingerprint density at radius 3 is 2.67 bits per heavy atom. The summed E-state index contributed by atoms with van der Waals surface area (Å²) in [5.41, 5.74) is 2.59. The summed E-state index contributed by atoms with van der Waals surface area (Å²) >= 11 is 0. The van der Waals surface area contributed by atoms with Gasteiger partial charge in [-0.1, -0.05) is 24.3 Å². The van der Waals surface area contributed by atoms with E-state index in [-0.39, 0.29) is 0 Å². The van der Waals surface area contributed by atoms with Crippen molar-refractivity contribution in [3.63, 3.8) is 0 Å². The van der Waals surface area contributed by atoms with Crippen molar-refractivity contribution >= 4 is 6.29 Å². The van der Waals surface area contributed by atoms with E-state index < -0.39 is 0 Å². The second kappa shape index (κ2) is 3.69. The smallest absolute Gasteiger partial charge is 0.150 e. The SMILES string of the molecule is Cc1ncc(-c2ccccc2C=O)n1C. The molecule has 1 aromatic heterocycles. The third kappa shape index (κ3) is 1.56. The average molecular weight is 200 g/mol. The number of imidazole rings is 1. The topological polar surface area (TPSA) is 34.9 Å². The summed E-state index contributed by atoms with van der Waals surface area (Å²) in [4.78, 5) is 15.1. The van der Waals surface area contributed by atoms with Crippen LogP contribution in [0.3, 0.4) is 0 Å². The Morgan fingerprint density at radius 1 is 1.33 bits per heavy atom. The van der Waals surface area contributed by atoms with Gasteiger partial charge in [-0.2, -0.15) is 0 Å². The number of rotatable bonds is 2. The lowest BCUT2D eigenvalue weighted by Gasteiger charge is -2.05. The number of carbonyl (C=O) groups excluding carboxylic acids is 1. The lowest BCUT2D eigenvalue weighted by molar-refractivity contribution is 0.112. The second-order valence-electron chi connectivity index (χ2n) is 3.45. The minimum atomic E-state index is 0.695. The molecule has 3 nitrogen and oxygen atoms in total. The van der Waals surface area contributed by atoms with Gasteiger partial charge in [-0.3, -0.25) is 4.79 Å². The Hall–Kier alpha value is -1.90. The molecule has 0 saturated carbocycles. The van der Waals surface area contributed by atoms with Crippen molar-refractivity contribution in [1.82, 2.24) is 9.55 Å². The molecular weight excluding hydrogens is 188 g/mol. The molecule has 2 rings (SSSR count).